The average Bonchev–Trinajstić information content (AvgIpc) is 0.760. The van der Waals surface area contributed by atoms with Crippen molar-refractivity contribution in [1.82, 2.24) is 9.80 Å². The maximum Gasteiger partial charge on any atom is 0.416 e. The van der Waals surface area contributed by atoms with Gasteiger partial charge in [0.25, 0.3) is 5.54 Å². The number of likely N-dealkylation sites (tertiary alicyclic amines) is 2. The fraction of sp³-hybridized carbons (Fsp3) is 0.406. The lowest BCUT2D eigenvalue weighted by Gasteiger charge is -2.52. The van der Waals surface area contributed by atoms with Crippen molar-refractivity contribution in [3.8, 4) is 0 Å². The van der Waals surface area contributed by atoms with E-state index < -0.39 is 130 Å². The summed E-state index contributed by atoms with van der Waals surface area (Å²) in [5.74, 6) is 0. The molecule has 2 heterocycles. The lowest BCUT2D eigenvalue weighted by Crippen LogP contribution is -2.66. The van der Waals surface area contributed by atoms with Gasteiger partial charge in [0.1, 0.15) is 19.8 Å². The predicted molar refractivity (Wildman–Crippen MR) is 307 cm³/mol. The molecule has 6 aromatic rings. The van der Waals surface area contributed by atoms with E-state index in [9.17, 15) is 82.6 Å². The van der Waals surface area contributed by atoms with Crippen LogP contribution in [-0.4, -0.2) is 87.7 Å². The molecular formula is C64H70F12N4O10. The highest BCUT2D eigenvalue weighted by molar-refractivity contribution is 5.70. The molecule has 0 aromatic heterocycles. The second-order valence-corrected chi connectivity index (χ2v) is 21.8. The second-order valence-electron chi connectivity index (χ2n) is 21.8. The van der Waals surface area contributed by atoms with Gasteiger partial charge in [-0.05, 0) is 103 Å². The Balaban J connectivity index is 0.000000320. The number of carbonyl (C=O) groups excluding carboxylic acids is 2. The van der Waals surface area contributed by atoms with Crippen LogP contribution >= 0.6 is 0 Å². The third-order valence-electron chi connectivity index (χ3n) is 15.8. The Morgan fingerprint density at radius 3 is 1.16 bits per heavy atom. The molecule has 2 aliphatic rings. The normalized spacial score (nSPS) is 21.1. The molecule has 0 saturated carbocycles. The van der Waals surface area contributed by atoms with E-state index in [1.165, 1.54) is 18.7 Å². The van der Waals surface area contributed by atoms with Crippen LogP contribution < -0.4 is 5.73 Å². The van der Waals surface area contributed by atoms with Gasteiger partial charge in [0.05, 0.1) is 77.4 Å². The SMILES string of the molecule is C.C.C[C@@H](OC[C@@]1(c2ccccc2)CC[C@@](N)(CO)CN1C(=O)OCc1ccccc1)c1cc(C(F)(F)F)cc(C(F)(F)F)c1.C[C@@H](OC[C@@]1(c2ccccc2)CC[C@](CO)([N+](=O)[O-])CN1C(=O)OCc1ccccc1)c1cc(C(F)(F)F)cc(C(F)(F)F)c1. The van der Waals surface area contributed by atoms with Crippen molar-refractivity contribution in [2.45, 2.75) is 127 Å². The van der Waals surface area contributed by atoms with Crippen LogP contribution in [0.5, 0.6) is 0 Å². The molecule has 8 rings (SSSR count). The molecule has 14 nitrogen and oxygen atoms in total. The van der Waals surface area contributed by atoms with E-state index in [2.05, 4.69) is 0 Å². The third kappa shape index (κ3) is 17.4. The first kappa shape index (κ1) is 73.0. The zero-order chi connectivity index (χ0) is 64.5. The van der Waals surface area contributed by atoms with Gasteiger partial charge in [0, 0.05) is 17.9 Å². The topological polar surface area (TPSA) is 187 Å². The van der Waals surface area contributed by atoms with E-state index in [0.29, 0.717) is 46.5 Å². The number of amides is 2. The van der Waals surface area contributed by atoms with Crippen LogP contribution in [0.2, 0.25) is 0 Å². The van der Waals surface area contributed by atoms with E-state index in [-0.39, 0.29) is 84.6 Å². The minimum absolute atomic E-state index is 0. The summed E-state index contributed by atoms with van der Waals surface area (Å²) in [5.41, 5.74) is -3.83. The predicted octanol–water partition coefficient (Wildman–Crippen LogP) is 15.2. The van der Waals surface area contributed by atoms with Gasteiger partial charge >= 0.3 is 36.9 Å². The number of alkyl halides is 12. The summed E-state index contributed by atoms with van der Waals surface area (Å²) in [5, 5.41) is 32.2. The number of aliphatic hydroxyl groups excluding tert-OH is 2. The van der Waals surface area contributed by atoms with Gasteiger partial charge in [0.2, 0.25) is 0 Å². The van der Waals surface area contributed by atoms with Gasteiger partial charge in [-0.1, -0.05) is 136 Å². The number of ether oxygens (including phenoxy) is 4. The summed E-state index contributed by atoms with van der Waals surface area (Å²) in [4.78, 5) is 41.2. The number of rotatable bonds is 17. The Kier molecular flexibility index (Phi) is 23.9. The number of hydrogen-bond acceptors (Lipinski definition) is 11. The molecule has 2 fully saturated rings. The maximum absolute atomic E-state index is 13.7. The summed E-state index contributed by atoms with van der Waals surface area (Å²) in [6.07, 6.45) is -24.5. The van der Waals surface area contributed by atoms with E-state index in [4.69, 9.17) is 24.7 Å². The molecule has 4 N–H and O–H groups in total. The van der Waals surface area contributed by atoms with Gasteiger partial charge in [-0.3, -0.25) is 19.9 Å². The number of benzene rings is 6. The van der Waals surface area contributed by atoms with Crippen molar-refractivity contribution in [3.05, 3.63) is 223 Å². The molecular weight excluding hydrogens is 1210 g/mol. The molecule has 2 aliphatic heterocycles. The molecule has 0 bridgehead atoms. The number of nitro groups is 1. The fourth-order valence-electron chi connectivity index (χ4n) is 10.5. The van der Waals surface area contributed by atoms with Crippen LogP contribution in [0.4, 0.5) is 62.3 Å². The van der Waals surface area contributed by atoms with Crippen molar-refractivity contribution in [1.29, 1.82) is 0 Å². The molecule has 0 unspecified atom stereocenters. The largest absolute Gasteiger partial charge is 0.445 e. The number of nitrogens with two attached hydrogens (primary N) is 1. The van der Waals surface area contributed by atoms with Crippen LogP contribution in [0.3, 0.4) is 0 Å². The van der Waals surface area contributed by atoms with Crippen LogP contribution in [0.15, 0.2) is 158 Å². The number of hydrogen-bond donors (Lipinski definition) is 3. The smallest absolute Gasteiger partial charge is 0.416 e. The Morgan fingerprint density at radius 1 is 0.522 bits per heavy atom. The number of nitrogens with zero attached hydrogens (tertiary/aromatic N) is 3. The highest BCUT2D eigenvalue weighted by Gasteiger charge is 2.58. The van der Waals surface area contributed by atoms with Gasteiger partial charge in [0.15, 0.2) is 0 Å². The molecule has 2 saturated heterocycles. The van der Waals surface area contributed by atoms with Crippen molar-refractivity contribution in [2.24, 2.45) is 5.73 Å². The van der Waals surface area contributed by atoms with E-state index >= 15 is 0 Å². The van der Waals surface area contributed by atoms with Gasteiger partial charge in [-0.2, -0.15) is 52.7 Å². The zero-order valence-corrected chi connectivity index (χ0v) is 47.3. The van der Waals surface area contributed by atoms with Gasteiger partial charge in [-0.15, -0.1) is 0 Å². The van der Waals surface area contributed by atoms with Crippen LogP contribution in [0.1, 0.15) is 122 Å². The number of carbonyl (C=O) groups is 2. The highest BCUT2D eigenvalue weighted by Crippen LogP contribution is 2.47. The number of halogens is 12. The van der Waals surface area contributed by atoms with Crippen LogP contribution in [0.25, 0.3) is 0 Å². The lowest BCUT2D eigenvalue weighted by molar-refractivity contribution is -0.579. The number of piperidine rings is 2. The summed E-state index contributed by atoms with van der Waals surface area (Å²) < 4.78 is 185. The highest BCUT2D eigenvalue weighted by atomic mass is 19.4. The van der Waals surface area contributed by atoms with Crippen molar-refractivity contribution in [3.63, 3.8) is 0 Å². The Morgan fingerprint density at radius 2 is 0.844 bits per heavy atom. The summed E-state index contributed by atoms with van der Waals surface area (Å²) >= 11 is 0. The molecule has 6 atom stereocenters. The fourth-order valence-corrected chi connectivity index (χ4v) is 10.5. The monoisotopic (exact) mass is 1280 g/mol. The first-order valence-corrected chi connectivity index (χ1v) is 27.3. The number of aliphatic hydroxyl groups is 2. The van der Waals surface area contributed by atoms with Gasteiger partial charge in [-0.25, -0.2) is 9.59 Å². The molecule has 90 heavy (non-hydrogen) atoms. The van der Waals surface area contributed by atoms with E-state index in [1.807, 2.05) is 0 Å². The summed E-state index contributed by atoms with van der Waals surface area (Å²) in [6, 6.07) is 36.8. The molecule has 490 valence electrons. The molecule has 26 heteroatoms. The van der Waals surface area contributed by atoms with Gasteiger partial charge < -0.3 is 34.9 Å². The second kappa shape index (κ2) is 29.5. The van der Waals surface area contributed by atoms with Crippen LogP contribution in [0, 0.1) is 10.1 Å². The van der Waals surface area contributed by atoms with Crippen molar-refractivity contribution in [2.75, 3.05) is 39.5 Å². The first-order chi connectivity index (χ1) is 41.3. The Bertz CT molecular complexity index is 3250. The summed E-state index contributed by atoms with van der Waals surface area (Å²) in [6.45, 7) is -0.554. The van der Waals surface area contributed by atoms with Crippen molar-refractivity contribution < 1.29 is 96.4 Å². The quantitative estimate of drug-likeness (QED) is 0.0448. The minimum Gasteiger partial charge on any atom is -0.445 e. The first-order valence-electron chi connectivity index (χ1n) is 27.3. The minimum atomic E-state index is -5.07. The average molecular weight is 1280 g/mol. The Hall–Kier alpha value is -7.78. The molecule has 0 radical (unpaired) electrons. The van der Waals surface area contributed by atoms with Crippen LogP contribution in [-0.2, 0) is 67.9 Å². The van der Waals surface area contributed by atoms with Crippen molar-refractivity contribution >= 4 is 12.2 Å². The standard InChI is InChI=1S/C31H30F6N2O6.C31H32F6N2O4.2CH4/c1-21(23-14-25(30(32,33)34)16-26(15-23)31(35,36)37)45-20-29(24-10-6-3-7-11-24)13-12-28(19-40,39(42)43)18-38(29)27(41)44-17-22-8-4-2-5-9-22;1-21(23-14-25(30(32,33)34)16-26(15-23)31(35,36)37)43-20-29(24-10-6-3-7-11-24)13-12-28(38,19-40)18-39(29)27(41)42-17-22-8-4-2-5-9-22;;/h2-11,14-16,21,40H,12-13,17-20H2,1H3;2-11,14-16,21,40H,12-13,17-20,38H2,1H3;2*1H4/t2*21-,28+,29-;;/m11../s1. The Labute approximate surface area is 512 Å². The zero-order valence-electron chi connectivity index (χ0n) is 47.3. The van der Waals surface area contributed by atoms with E-state index in [1.54, 1.807) is 121 Å². The molecule has 6 aromatic carbocycles. The molecule has 2 amide bonds. The van der Waals surface area contributed by atoms with E-state index in [0.717, 1.165) is 4.90 Å². The molecule has 0 aliphatic carbocycles. The summed E-state index contributed by atoms with van der Waals surface area (Å²) in [7, 11) is 0. The third-order valence-corrected chi connectivity index (χ3v) is 15.8. The maximum atomic E-state index is 13.7. The lowest BCUT2D eigenvalue weighted by atomic mass is 9.75. The molecule has 0 spiro atoms.